The zero-order chi connectivity index (χ0) is 17.9. The van der Waals surface area contributed by atoms with E-state index < -0.39 is 20.7 Å². The first-order chi connectivity index (χ1) is 11.2. The number of hydrogen-bond donors (Lipinski definition) is 1. The minimum Gasteiger partial charge on any atom is -0.495 e. The first-order valence-corrected chi connectivity index (χ1v) is 8.55. The van der Waals surface area contributed by atoms with Gasteiger partial charge in [0.1, 0.15) is 5.75 Å². The molecule has 0 atom stereocenters. The number of non-ortho nitro benzene ring substituents is 1. The third-order valence-corrected chi connectivity index (χ3v) is 4.28. The van der Waals surface area contributed by atoms with Gasteiger partial charge in [0, 0.05) is 24.0 Å². The number of carbonyl (C=O) groups excluding carboxylic acids is 1. The van der Waals surface area contributed by atoms with Crippen LogP contribution in [0.25, 0.3) is 0 Å². The molecule has 126 valence electrons. The fourth-order valence-electron chi connectivity index (χ4n) is 1.97. The van der Waals surface area contributed by atoms with Gasteiger partial charge < -0.3 is 10.1 Å². The number of nitrogens with zero attached hydrogens (tertiary/aromatic N) is 1. The van der Waals surface area contributed by atoms with Crippen LogP contribution in [0.2, 0.25) is 0 Å². The lowest BCUT2D eigenvalue weighted by molar-refractivity contribution is -0.384. The van der Waals surface area contributed by atoms with Crippen molar-refractivity contribution in [3.63, 3.8) is 0 Å². The van der Waals surface area contributed by atoms with Gasteiger partial charge in [-0.3, -0.25) is 14.9 Å². The number of sulfone groups is 1. The molecule has 0 aromatic heterocycles. The Hall–Kier alpha value is -2.94. The predicted octanol–water partition coefficient (Wildman–Crippen LogP) is 2.26. The van der Waals surface area contributed by atoms with Gasteiger partial charge in [-0.15, -0.1) is 0 Å². The monoisotopic (exact) mass is 350 g/mol. The molecule has 9 heteroatoms. The molecule has 0 aliphatic rings. The molecule has 0 saturated carbocycles. The molecular formula is C15H14N2O6S. The SMILES string of the molecule is COc1ccc([N+](=O)[O-])cc1NC(=O)c1cccc(S(C)(=O)=O)c1. The van der Waals surface area contributed by atoms with E-state index in [1.807, 2.05) is 0 Å². The lowest BCUT2D eigenvalue weighted by Crippen LogP contribution is -2.13. The van der Waals surface area contributed by atoms with Gasteiger partial charge in [0.2, 0.25) is 0 Å². The smallest absolute Gasteiger partial charge is 0.271 e. The van der Waals surface area contributed by atoms with Gasteiger partial charge in [0.05, 0.1) is 22.6 Å². The Kier molecular flexibility index (Phi) is 4.84. The average Bonchev–Trinajstić information content (AvgIpc) is 2.54. The van der Waals surface area contributed by atoms with Crippen LogP contribution in [-0.2, 0) is 9.84 Å². The van der Waals surface area contributed by atoms with Crippen molar-refractivity contribution in [3.05, 3.63) is 58.1 Å². The zero-order valence-corrected chi connectivity index (χ0v) is 13.7. The van der Waals surface area contributed by atoms with Crippen LogP contribution in [0, 0.1) is 10.1 Å². The van der Waals surface area contributed by atoms with E-state index >= 15 is 0 Å². The number of carbonyl (C=O) groups is 1. The summed E-state index contributed by atoms with van der Waals surface area (Å²) in [5.74, 6) is -0.368. The summed E-state index contributed by atoms with van der Waals surface area (Å²) in [6.45, 7) is 0. The molecule has 0 saturated heterocycles. The number of anilines is 1. The highest BCUT2D eigenvalue weighted by Crippen LogP contribution is 2.29. The van der Waals surface area contributed by atoms with Crippen LogP contribution in [0.1, 0.15) is 10.4 Å². The number of nitrogens with one attached hydrogen (secondary N) is 1. The second-order valence-corrected chi connectivity index (χ2v) is 6.91. The quantitative estimate of drug-likeness (QED) is 0.653. The highest BCUT2D eigenvalue weighted by molar-refractivity contribution is 7.90. The zero-order valence-electron chi connectivity index (χ0n) is 12.8. The molecule has 0 aliphatic heterocycles. The Balaban J connectivity index is 2.36. The maximum atomic E-state index is 12.3. The summed E-state index contributed by atoms with van der Waals surface area (Å²) in [6, 6.07) is 9.26. The molecule has 8 nitrogen and oxygen atoms in total. The maximum Gasteiger partial charge on any atom is 0.271 e. The number of nitro benzene ring substituents is 1. The van der Waals surface area contributed by atoms with Crippen LogP contribution < -0.4 is 10.1 Å². The lowest BCUT2D eigenvalue weighted by atomic mass is 10.2. The van der Waals surface area contributed by atoms with Crippen molar-refractivity contribution in [3.8, 4) is 5.75 Å². The number of rotatable bonds is 5. The number of hydrogen-bond acceptors (Lipinski definition) is 6. The molecule has 2 aromatic carbocycles. The van der Waals surface area contributed by atoms with Crippen molar-refractivity contribution in [2.45, 2.75) is 4.90 Å². The van der Waals surface area contributed by atoms with Crippen LogP contribution in [0.3, 0.4) is 0 Å². The van der Waals surface area contributed by atoms with E-state index in [9.17, 15) is 23.3 Å². The summed E-state index contributed by atoms with van der Waals surface area (Å²) < 4.78 is 28.2. The number of ether oxygens (including phenoxy) is 1. The molecule has 0 unspecified atom stereocenters. The van der Waals surface area contributed by atoms with Crippen molar-refractivity contribution >= 4 is 27.1 Å². The van der Waals surface area contributed by atoms with Crippen LogP contribution >= 0.6 is 0 Å². The molecule has 0 radical (unpaired) electrons. The van der Waals surface area contributed by atoms with Crippen molar-refractivity contribution in [2.24, 2.45) is 0 Å². The lowest BCUT2D eigenvalue weighted by Gasteiger charge is -2.10. The summed E-state index contributed by atoms with van der Waals surface area (Å²) in [5, 5.41) is 13.3. The second-order valence-electron chi connectivity index (χ2n) is 4.90. The van der Waals surface area contributed by atoms with E-state index in [0.29, 0.717) is 0 Å². The van der Waals surface area contributed by atoms with Gasteiger partial charge in [-0.05, 0) is 24.3 Å². The third kappa shape index (κ3) is 3.87. The highest BCUT2D eigenvalue weighted by atomic mass is 32.2. The van der Waals surface area contributed by atoms with E-state index in [2.05, 4.69) is 5.32 Å². The van der Waals surface area contributed by atoms with E-state index in [0.717, 1.165) is 12.3 Å². The largest absolute Gasteiger partial charge is 0.495 e. The summed E-state index contributed by atoms with van der Waals surface area (Å²) in [5.41, 5.74) is 0.00364. The molecule has 24 heavy (non-hydrogen) atoms. The maximum absolute atomic E-state index is 12.3. The third-order valence-electron chi connectivity index (χ3n) is 3.17. The van der Waals surface area contributed by atoms with Crippen LogP contribution in [0.4, 0.5) is 11.4 Å². The Morgan fingerprint density at radius 2 is 1.92 bits per heavy atom. The summed E-state index contributed by atoms with van der Waals surface area (Å²) in [4.78, 5) is 22.6. The normalized spacial score (nSPS) is 10.9. The van der Waals surface area contributed by atoms with Crippen molar-refractivity contribution in [1.82, 2.24) is 0 Å². The van der Waals surface area contributed by atoms with Crippen LogP contribution in [0.5, 0.6) is 5.75 Å². The van der Waals surface area contributed by atoms with Gasteiger partial charge in [-0.1, -0.05) is 6.07 Å². The fourth-order valence-corrected chi connectivity index (χ4v) is 2.64. The number of benzene rings is 2. The predicted molar refractivity (Wildman–Crippen MR) is 87.2 cm³/mol. The molecule has 0 heterocycles. The molecule has 1 amide bonds. The summed E-state index contributed by atoms with van der Waals surface area (Å²) in [7, 11) is -2.09. The number of nitro groups is 1. The van der Waals surface area contributed by atoms with Crippen molar-refractivity contribution in [1.29, 1.82) is 0 Å². The highest BCUT2D eigenvalue weighted by Gasteiger charge is 2.16. The van der Waals surface area contributed by atoms with Crippen LogP contribution in [-0.4, -0.2) is 32.6 Å². The van der Waals surface area contributed by atoms with Gasteiger partial charge in [-0.2, -0.15) is 0 Å². The summed E-state index contributed by atoms with van der Waals surface area (Å²) in [6.07, 6.45) is 1.04. The van der Waals surface area contributed by atoms with E-state index in [1.54, 1.807) is 0 Å². The number of methoxy groups -OCH3 is 1. The molecule has 2 rings (SSSR count). The molecule has 1 N–H and O–H groups in total. The topological polar surface area (TPSA) is 116 Å². The molecular weight excluding hydrogens is 336 g/mol. The molecule has 0 fully saturated rings. The van der Waals surface area contributed by atoms with E-state index in [-0.39, 0.29) is 27.6 Å². The minimum atomic E-state index is -3.46. The first-order valence-electron chi connectivity index (χ1n) is 6.66. The minimum absolute atomic E-state index is 0.00107. The Labute approximate surface area is 138 Å². The summed E-state index contributed by atoms with van der Waals surface area (Å²) >= 11 is 0. The standard InChI is InChI=1S/C15H14N2O6S/c1-23-14-7-6-11(17(19)20)9-13(14)16-15(18)10-4-3-5-12(8-10)24(2,21)22/h3-9H,1-2H3,(H,16,18). The molecule has 0 spiro atoms. The first kappa shape index (κ1) is 17.4. The fraction of sp³-hybridized carbons (Fsp3) is 0.133. The molecule has 0 bridgehead atoms. The van der Waals surface area contributed by atoms with Crippen molar-refractivity contribution < 1.29 is 22.9 Å². The van der Waals surface area contributed by atoms with Gasteiger partial charge in [0.15, 0.2) is 9.84 Å². The molecule has 2 aromatic rings. The van der Waals surface area contributed by atoms with Crippen LogP contribution in [0.15, 0.2) is 47.4 Å². The Morgan fingerprint density at radius 3 is 2.50 bits per heavy atom. The molecule has 0 aliphatic carbocycles. The van der Waals surface area contributed by atoms with E-state index in [1.165, 1.54) is 43.5 Å². The average molecular weight is 350 g/mol. The van der Waals surface area contributed by atoms with Gasteiger partial charge >= 0.3 is 0 Å². The Bertz CT molecular complexity index is 908. The second kappa shape index (κ2) is 6.67. The Morgan fingerprint density at radius 1 is 1.21 bits per heavy atom. The van der Waals surface area contributed by atoms with Gasteiger partial charge in [-0.25, -0.2) is 8.42 Å². The van der Waals surface area contributed by atoms with Gasteiger partial charge in [0.25, 0.3) is 11.6 Å². The number of amides is 1. The van der Waals surface area contributed by atoms with Crippen molar-refractivity contribution in [2.75, 3.05) is 18.7 Å². The van der Waals surface area contributed by atoms with E-state index in [4.69, 9.17) is 4.74 Å².